The summed E-state index contributed by atoms with van der Waals surface area (Å²) in [7, 11) is 0. The van der Waals surface area contributed by atoms with Gasteiger partial charge in [0.05, 0.1) is 19.8 Å². The topological polar surface area (TPSA) is 72.8 Å². The second-order valence-corrected chi connectivity index (χ2v) is 4.24. The molecule has 0 atom stereocenters. The first-order valence-electron chi connectivity index (χ1n) is 6.64. The Bertz CT molecular complexity index is 420. The van der Waals surface area contributed by atoms with Crippen LogP contribution in [0.2, 0.25) is 0 Å². The van der Waals surface area contributed by atoms with Crippen molar-refractivity contribution in [3.05, 3.63) is 35.4 Å². The summed E-state index contributed by atoms with van der Waals surface area (Å²) in [6.07, 6.45) is 0.226. The van der Waals surface area contributed by atoms with Gasteiger partial charge in [-0.25, -0.2) is 0 Å². The second kappa shape index (κ2) is 8.32. The number of aliphatic hydroxyl groups is 1. The minimum atomic E-state index is -0.949. The van der Waals surface area contributed by atoms with Crippen LogP contribution in [0.4, 0.5) is 0 Å². The maximum Gasteiger partial charge on any atom is 0.320 e. The Labute approximate surface area is 118 Å². The fourth-order valence-corrected chi connectivity index (χ4v) is 1.77. The first kappa shape index (κ1) is 16.2. The largest absolute Gasteiger partial charge is 0.465 e. The molecule has 0 fully saturated rings. The van der Waals surface area contributed by atoms with Gasteiger partial charge in [0.2, 0.25) is 0 Å². The van der Waals surface area contributed by atoms with Crippen molar-refractivity contribution in [1.82, 2.24) is 0 Å². The van der Waals surface area contributed by atoms with E-state index in [2.05, 4.69) is 0 Å². The van der Waals surface area contributed by atoms with E-state index >= 15 is 0 Å². The van der Waals surface area contributed by atoms with E-state index < -0.39 is 17.9 Å². The number of carbonyl (C=O) groups excluding carboxylic acids is 2. The molecule has 5 nitrogen and oxygen atoms in total. The number of ether oxygens (including phenoxy) is 2. The lowest BCUT2D eigenvalue weighted by molar-refractivity contribution is -0.161. The van der Waals surface area contributed by atoms with Gasteiger partial charge >= 0.3 is 11.9 Å². The van der Waals surface area contributed by atoms with Crippen molar-refractivity contribution < 1.29 is 24.2 Å². The number of aliphatic hydroxyl groups excluding tert-OH is 1. The Morgan fingerprint density at radius 3 is 1.85 bits per heavy atom. The number of hydrogen-bond acceptors (Lipinski definition) is 5. The fourth-order valence-electron chi connectivity index (χ4n) is 1.77. The second-order valence-electron chi connectivity index (χ2n) is 4.24. The molecule has 1 N–H and O–H groups in total. The number of esters is 2. The van der Waals surface area contributed by atoms with E-state index in [1.807, 2.05) is 0 Å². The van der Waals surface area contributed by atoms with E-state index in [0.29, 0.717) is 0 Å². The standard InChI is InChI=1S/C15H20O5/c1-3-19-14(17)13(15(18)20-4-2)9-11-5-7-12(10-16)8-6-11/h5-8,13,16H,3-4,9-10H2,1-2H3. The Morgan fingerprint density at radius 1 is 1.00 bits per heavy atom. The summed E-state index contributed by atoms with van der Waals surface area (Å²) in [5, 5.41) is 8.98. The van der Waals surface area contributed by atoms with Gasteiger partial charge in [0, 0.05) is 0 Å². The van der Waals surface area contributed by atoms with Gasteiger partial charge in [-0.3, -0.25) is 9.59 Å². The maximum absolute atomic E-state index is 11.8. The molecule has 1 aromatic rings. The average Bonchev–Trinajstić information content (AvgIpc) is 2.45. The third-order valence-electron chi connectivity index (χ3n) is 2.79. The molecular weight excluding hydrogens is 260 g/mol. The zero-order valence-corrected chi connectivity index (χ0v) is 11.8. The molecule has 0 spiro atoms. The zero-order valence-electron chi connectivity index (χ0n) is 11.8. The average molecular weight is 280 g/mol. The van der Waals surface area contributed by atoms with E-state index in [-0.39, 0.29) is 26.2 Å². The lowest BCUT2D eigenvalue weighted by Crippen LogP contribution is -2.30. The number of carbonyl (C=O) groups is 2. The number of hydrogen-bond donors (Lipinski definition) is 1. The quantitative estimate of drug-likeness (QED) is 0.604. The highest BCUT2D eigenvalue weighted by Crippen LogP contribution is 2.14. The predicted octanol–water partition coefficient (Wildman–Crippen LogP) is 1.46. The summed E-state index contributed by atoms with van der Waals surface area (Å²) in [6, 6.07) is 7.05. The zero-order chi connectivity index (χ0) is 15.0. The highest BCUT2D eigenvalue weighted by atomic mass is 16.6. The maximum atomic E-state index is 11.8. The van der Waals surface area contributed by atoms with Crippen LogP contribution in [-0.4, -0.2) is 30.3 Å². The molecule has 0 saturated heterocycles. The van der Waals surface area contributed by atoms with Gasteiger partial charge in [-0.05, 0) is 31.4 Å². The van der Waals surface area contributed by atoms with Gasteiger partial charge in [0.1, 0.15) is 0 Å². The minimum absolute atomic E-state index is 0.0422. The molecule has 1 rings (SSSR count). The fraction of sp³-hybridized carbons (Fsp3) is 0.467. The van der Waals surface area contributed by atoms with E-state index in [0.717, 1.165) is 11.1 Å². The molecule has 0 unspecified atom stereocenters. The van der Waals surface area contributed by atoms with Crippen LogP contribution in [0.5, 0.6) is 0 Å². The summed E-state index contributed by atoms with van der Waals surface area (Å²) < 4.78 is 9.82. The van der Waals surface area contributed by atoms with E-state index in [9.17, 15) is 9.59 Å². The van der Waals surface area contributed by atoms with E-state index in [1.165, 1.54) is 0 Å². The van der Waals surface area contributed by atoms with Crippen LogP contribution < -0.4 is 0 Å². The summed E-state index contributed by atoms with van der Waals surface area (Å²) in [6.45, 7) is 3.78. The van der Waals surface area contributed by atoms with Gasteiger partial charge in [0.15, 0.2) is 5.92 Å². The molecule has 0 aliphatic rings. The van der Waals surface area contributed by atoms with Crippen LogP contribution in [0.3, 0.4) is 0 Å². The lowest BCUT2D eigenvalue weighted by Gasteiger charge is -2.14. The van der Waals surface area contributed by atoms with E-state index in [4.69, 9.17) is 14.6 Å². The first-order valence-corrected chi connectivity index (χ1v) is 6.64. The highest BCUT2D eigenvalue weighted by Gasteiger charge is 2.29. The molecule has 0 aliphatic carbocycles. The van der Waals surface area contributed by atoms with Gasteiger partial charge in [-0.2, -0.15) is 0 Å². The van der Waals surface area contributed by atoms with Crippen molar-refractivity contribution in [3.8, 4) is 0 Å². The monoisotopic (exact) mass is 280 g/mol. The van der Waals surface area contributed by atoms with Crippen LogP contribution in [0, 0.1) is 5.92 Å². The molecule has 0 bridgehead atoms. The minimum Gasteiger partial charge on any atom is -0.465 e. The van der Waals surface area contributed by atoms with Gasteiger partial charge in [-0.1, -0.05) is 24.3 Å². The Hall–Kier alpha value is -1.88. The number of benzene rings is 1. The molecule has 20 heavy (non-hydrogen) atoms. The van der Waals surface area contributed by atoms with Crippen molar-refractivity contribution in [2.24, 2.45) is 5.92 Å². The molecule has 0 heterocycles. The van der Waals surface area contributed by atoms with Crippen molar-refractivity contribution in [3.63, 3.8) is 0 Å². The Morgan fingerprint density at radius 2 is 1.45 bits per heavy atom. The molecular formula is C15H20O5. The molecule has 0 radical (unpaired) electrons. The molecule has 0 aromatic heterocycles. The van der Waals surface area contributed by atoms with Gasteiger partial charge in [0.25, 0.3) is 0 Å². The van der Waals surface area contributed by atoms with Crippen molar-refractivity contribution >= 4 is 11.9 Å². The van der Waals surface area contributed by atoms with Crippen molar-refractivity contribution in [1.29, 1.82) is 0 Å². The van der Waals surface area contributed by atoms with Crippen LogP contribution in [0.25, 0.3) is 0 Å². The molecule has 110 valence electrons. The third kappa shape index (κ3) is 4.66. The molecule has 0 aliphatic heterocycles. The Kier molecular flexibility index (Phi) is 6.73. The summed E-state index contributed by atoms with van der Waals surface area (Å²) >= 11 is 0. The van der Waals surface area contributed by atoms with Crippen molar-refractivity contribution in [2.75, 3.05) is 13.2 Å². The van der Waals surface area contributed by atoms with Crippen LogP contribution >= 0.6 is 0 Å². The molecule has 5 heteroatoms. The van der Waals surface area contributed by atoms with Crippen molar-refractivity contribution in [2.45, 2.75) is 26.9 Å². The lowest BCUT2D eigenvalue weighted by atomic mass is 9.98. The summed E-state index contributed by atoms with van der Waals surface area (Å²) in [5.74, 6) is -2.09. The van der Waals surface area contributed by atoms with Gasteiger partial charge < -0.3 is 14.6 Å². The third-order valence-corrected chi connectivity index (χ3v) is 2.79. The smallest absolute Gasteiger partial charge is 0.320 e. The number of rotatable bonds is 7. The molecule has 1 aromatic carbocycles. The summed E-state index contributed by atoms with van der Waals surface area (Å²) in [4.78, 5) is 23.6. The first-order chi connectivity index (χ1) is 9.62. The summed E-state index contributed by atoms with van der Waals surface area (Å²) in [5.41, 5.74) is 1.59. The Balaban J connectivity index is 2.81. The molecule has 0 saturated carbocycles. The SMILES string of the molecule is CCOC(=O)C(Cc1ccc(CO)cc1)C(=O)OCC. The van der Waals surface area contributed by atoms with Crippen LogP contribution in [-0.2, 0) is 32.1 Å². The van der Waals surface area contributed by atoms with Gasteiger partial charge in [-0.15, -0.1) is 0 Å². The van der Waals surface area contributed by atoms with E-state index in [1.54, 1.807) is 38.1 Å². The van der Waals surface area contributed by atoms with Crippen LogP contribution in [0.15, 0.2) is 24.3 Å². The predicted molar refractivity (Wildman–Crippen MR) is 72.8 cm³/mol. The van der Waals surface area contributed by atoms with Crippen LogP contribution in [0.1, 0.15) is 25.0 Å². The normalized spacial score (nSPS) is 10.4. The highest BCUT2D eigenvalue weighted by molar-refractivity contribution is 5.95. The molecule has 0 amide bonds.